The van der Waals surface area contributed by atoms with Crippen LogP contribution in [0.3, 0.4) is 0 Å². The molecule has 6 heteroatoms. The number of rotatable bonds is 5. The van der Waals surface area contributed by atoms with Crippen molar-refractivity contribution in [3.63, 3.8) is 0 Å². The van der Waals surface area contributed by atoms with Crippen LogP contribution in [0.15, 0.2) is 32.3 Å². The van der Waals surface area contributed by atoms with Gasteiger partial charge in [0.05, 0.1) is 11.9 Å². The first kappa shape index (κ1) is 14.3. The van der Waals surface area contributed by atoms with E-state index in [9.17, 15) is 4.79 Å². The van der Waals surface area contributed by atoms with Gasteiger partial charge < -0.3 is 5.32 Å². The van der Waals surface area contributed by atoms with Crippen molar-refractivity contribution in [2.24, 2.45) is 5.92 Å². The molecule has 2 aromatic heterocycles. The molecule has 0 spiro atoms. The Morgan fingerprint density at radius 1 is 1.53 bits per heavy atom. The summed E-state index contributed by atoms with van der Waals surface area (Å²) in [5.74, 6) is 0.390. The van der Waals surface area contributed by atoms with E-state index in [0.717, 1.165) is 5.69 Å². The summed E-state index contributed by atoms with van der Waals surface area (Å²) in [5.41, 5.74) is 1.84. The summed E-state index contributed by atoms with van der Waals surface area (Å²) < 4.78 is 2.03. The number of halogens is 1. The second-order valence-electron chi connectivity index (χ2n) is 4.74. The first-order chi connectivity index (χ1) is 9.08. The Hall–Kier alpha value is -1.14. The molecule has 0 saturated carbocycles. The van der Waals surface area contributed by atoms with Gasteiger partial charge in [-0.05, 0) is 44.2 Å². The molecule has 2 heterocycles. The predicted molar refractivity (Wildman–Crippen MR) is 82.7 cm³/mol. The fourth-order valence-electron chi connectivity index (χ4n) is 1.65. The van der Waals surface area contributed by atoms with Gasteiger partial charge in [-0.15, -0.1) is 0 Å². The van der Waals surface area contributed by atoms with E-state index < -0.39 is 0 Å². The predicted octanol–water partition coefficient (Wildman–Crippen LogP) is 3.34. The van der Waals surface area contributed by atoms with Crippen molar-refractivity contribution in [3.8, 4) is 0 Å². The van der Waals surface area contributed by atoms with Crippen molar-refractivity contribution in [1.82, 2.24) is 9.78 Å². The van der Waals surface area contributed by atoms with Crippen molar-refractivity contribution in [2.75, 3.05) is 5.32 Å². The Labute approximate surface area is 124 Å². The summed E-state index contributed by atoms with van der Waals surface area (Å²) in [5, 5.41) is 11.5. The van der Waals surface area contributed by atoms with Gasteiger partial charge in [0.15, 0.2) is 0 Å². The highest BCUT2D eigenvalue weighted by Crippen LogP contribution is 2.18. The first-order valence-corrected chi connectivity index (χ1v) is 7.82. The zero-order valence-electron chi connectivity index (χ0n) is 10.9. The maximum Gasteiger partial charge on any atom is 0.283 e. The largest absolute Gasteiger partial charge is 0.379 e. The Kier molecular flexibility index (Phi) is 4.76. The van der Waals surface area contributed by atoms with Gasteiger partial charge in [0, 0.05) is 13.1 Å². The summed E-state index contributed by atoms with van der Waals surface area (Å²) in [7, 11) is 0. The Morgan fingerprint density at radius 2 is 2.32 bits per heavy atom. The molecule has 0 radical (unpaired) electrons. The smallest absolute Gasteiger partial charge is 0.283 e. The molecule has 0 atom stereocenters. The molecule has 2 rings (SSSR count). The first-order valence-electron chi connectivity index (χ1n) is 6.08. The SMILES string of the molecule is CC(C)Cn1ncc(NCc2ccsc2)c(Br)c1=O. The van der Waals surface area contributed by atoms with E-state index in [1.54, 1.807) is 17.5 Å². The van der Waals surface area contributed by atoms with Gasteiger partial charge in [0.25, 0.3) is 5.56 Å². The molecule has 0 unspecified atom stereocenters. The number of nitrogens with zero attached hydrogens (tertiary/aromatic N) is 2. The van der Waals surface area contributed by atoms with Crippen LogP contribution in [-0.2, 0) is 13.1 Å². The van der Waals surface area contributed by atoms with Crippen LogP contribution >= 0.6 is 27.3 Å². The normalized spacial score (nSPS) is 10.9. The molecular weight excluding hydrogens is 326 g/mol. The third kappa shape index (κ3) is 3.67. The van der Waals surface area contributed by atoms with Gasteiger partial charge in [-0.3, -0.25) is 4.79 Å². The molecule has 0 aliphatic heterocycles. The van der Waals surface area contributed by atoms with Gasteiger partial charge in [0.1, 0.15) is 4.47 Å². The Morgan fingerprint density at radius 3 is 2.95 bits per heavy atom. The van der Waals surface area contributed by atoms with E-state index in [1.807, 2.05) is 5.38 Å². The maximum absolute atomic E-state index is 12.1. The van der Waals surface area contributed by atoms with Crippen LogP contribution in [0.4, 0.5) is 5.69 Å². The lowest BCUT2D eigenvalue weighted by Crippen LogP contribution is -2.26. The zero-order chi connectivity index (χ0) is 13.8. The maximum atomic E-state index is 12.1. The van der Waals surface area contributed by atoms with E-state index >= 15 is 0 Å². The van der Waals surface area contributed by atoms with E-state index in [2.05, 4.69) is 51.6 Å². The van der Waals surface area contributed by atoms with Gasteiger partial charge in [-0.1, -0.05) is 13.8 Å². The van der Waals surface area contributed by atoms with Gasteiger partial charge in [0.2, 0.25) is 0 Å². The summed E-state index contributed by atoms with van der Waals surface area (Å²) in [4.78, 5) is 12.1. The third-order valence-corrected chi connectivity index (χ3v) is 4.08. The molecule has 4 nitrogen and oxygen atoms in total. The van der Waals surface area contributed by atoms with Gasteiger partial charge in [-0.2, -0.15) is 16.4 Å². The molecule has 0 aliphatic rings. The molecule has 0 bridgehead atoms. The van der Waals surface area contributed by atoms with Crippen LogP contribution in [0.25, 0.3) is 0 Å². The highest BCUT2D eigenvalue weighted by atomic mass is 79.9. The molecule has 0 fully saturated rings. The molecule has 0 aromatic carbocycles. The molecule has 2 aromatic rings. The van der Waals surface area contributed by atoms with E-state index in [1.165, 1.54) is 10.2 Å². The minimum Gasteiger partial charge on any atom is -0.379 e. The molecule has 0 saturated heterocycles. The Balaban J connectivity index is 2.14. The van der Waals surface area contributed by atoms with Crippen LogP contribution in [0, 0.1) is 5.92 Å². The van der Waals surface area contributed by atoms with E-state index in [-0.39, 0.29) is 5.56 Å². The molecule has 1 N–H and O–H groups in total. The highest BCUT2D eigenvalue weighted by molar-refractivity contribution is 9.10. The van der Waals surface area contributed by atoms with Crippen molar-refractivity contribution in [2.45, 2.75) is 26.9 Å². The topological polar surface area (TPSA) is 46.9 Å². The lowest BCUT2D eigenvalue weighted by molar-refractivity contribution is 0.462. The number of nitrogens with one attached hydrogen (secondary N) is 1. The van der Waals surface area contributed by atoms with Crippen LogP contribution in [-0.4, -0.2) is 9.78 Å². The van der Waals surface area contributed by atoms with E-state index in [0.29, 0.717) is 23.5 Å². The molecular formula is C13H16BrN3OS. The number of hydrogen-bond acceptors (Lipinski definition) is 4. The van der Waals surface area contributed by atoms with Crippen molar-refractivity contribution < 1.29 is 0 Å². The number of anilines is 1. The summed E-state index contributed by atoms with van der Waals surface area (Å²) in [6.07, 6.45) is 1.69. The average Bonchev–Trinajstić information content (AvgIpc) is 2.87. The third-order valence-electron chi connectivity index (χ3n) is 2.59. The van der Waals surface area contributed by atoms with Crippen molar-refractivity contribution >= 4 is 33.0 Å². The Bertz CT molecular complexity index is 592. The standard InChI is InChI=1S/C13H16BrN3OS/c1-9(2)7-17-13(18)12(14)11(6-16-17)15-5-10-3-4-19-8-10/h3-4,6,8-9,15H,5,7H2,1-2H3. The number of thiophene rings is 1. The molecule has 102 valence electrons. The molecule has 0 amide bonds. The fraction of sp³-hybridized carbons (Fsp3) is 0.385. The second kappa shape index (κ2) is 6.34. The lowest BCUT2D eigenvalue weighted by atomic mass is 10.2. The second-order valence-corrected chi connectivity index (χ2v) is 6.31. The van der Waals surface area contributed by atoms with Gasteiger partial charge >= 0.3 is 0 Å². The minimum atomic E-state index is -0.0935. The van der Waals surface area contributed by atoms with Crippen LogP contribution in [0.2, 0.25) is 0 Å². The summed E-state index contributed by atoms with van der Waals surface area (Å²) in [6.45, 7) is 5.44. The molecule has 0 aliphatic carbocycles. The average molecular weight is 342 g/mol. The van der Waals surface area contributed by atoms with Crippen molar-refractivity contribution in [3.05, 3.63) is 43.4 Å². The quantitative estimate of drug-likeness (QED) is 0.907. The summed E-state index contributed by atoms with van der Waals surface area (Å²) in [6, 6.07) is 2.05. The van der Waals surface area contributed by atoms with E-state index in [4.69, 9.17) is 0 Å². The fourth-order valence-corrected chi connectivity index (χ4v) is 2.77. The minimum absolute atomic E-state index is 0.0935. The highest BCUT2D eigenvalue weighted by Gasteiger charge is 2.09. The van der Waals surface area contributed by atoms with Crippen molar-refractivity contribution in [1.29, 1.82) is 0 Å². The monoisotopic (exact) mass is 341 g/mol. The van der Waals surface area contributed by atoms with Crippen LogP contribution in [0.5, 0.6) is 0 Å². The van der Waals surface area contributed by atoms with Crippen LogP contribution < -0.4 is 10.9 Å². The lowest BCUT2D eigenvalue weighted by Gasteiger charge is -2.11. The molecule has 19 heavy (non-hydrogen) atoms. The van der Waals surface area contributed by atoms with Crippen LogP contribution in [0.1, 0.15) is 19.4 Å². The zero-order valence-corrected chi connectivity index (χ0v) is 13.3. The van der Waals surface area contributed by atoms with Gasteiger partial charge in [-0.25, -0.2) is 4.68 Å². The number of aromatic nitrogens is 2. The summed E-state index contributed by atoms with van der Waals surface area (Å²) >= 11 is 5.01. The number of hydrogen-bond donors (Lipinski definition) is 1.